The Hall–Kier alpha value is -1.15. The largest absolute Gasteiger partial charge is 0.469 e. The summed E-state index contributed by atoms with van der Waals surface area (Å²) in [6.07, 6.45) is 4.87. The number of nitrogens with zero attached hydrogens (tertiary/aromatic N) is 1. The zero-order valence-corrected chi connectivity index (χ0v) is 9.28. The lowest BCUT2D eigenvalue weighted by Crippen LogP contribution is -2.25. The first kappa shape index (κ1) is 11.9. The van der Waals surface area contributed by atoms with Gasteiger partial charge in [-0.15, -0.1) is 0 Å². The van der Waals surface area contributed by atoms with Crippen molar-refractivity contribution in [2.24, 2.45) is 16.3 Å². The smallest absolute Gasteiger partial charge is 0.306 e. The number of aliphatic imine (C=N–C) groups is 1. The van der Waals surface area contributed by atoms with Crippen molar-refractivity contribution in [3.63, 3.8) is 0 Å². The van der Waals surface area contributed by atoms with Gasteiger partial charge in [-0.3, -0.25) is 4.79 Å². The van der Waals surface area contributed by atoms with Crippen molar-refractivity contribution in [1.29, 1.82) is 0 Å². The van der Waals surface area contributed by atoms with E-state index >= 15 is 0 Å². The fourth-order valence-corrected chi connectivity index (χ4v) is 2.43. The minimum atomic E-state index is -0.217. The summed E-state index contributed by atoms with van der Waals surface area (Å²) >= 11 is 0. The van der Waals surface area contributed by atoms with Crippen molar-refractivity contribution >= 4 is 12.0 Å². The van der Waals surface area contributed by atoms with Crippen LogP contribution in [0.15, 0.2) is 4.99 Å². The van der Waals surface area contributed by atoms with Gasteiger partial charge < -0.3 is 4.74 Å². The third-order valence-corrected chi connectivity index (χ3v) is 3.17. The fourth-order valence-electron chi connectivity index (χ4n) is 2.43. The number of ether oxygens (including phenoxy) is 1. The van der Waals surface area contributed by atoms with Crippen LogP contribution in [0.1, 0.15) is 32.6 Å². The lowest BCUT2D eigenvalue weighted by atomic mass is 9.82. The first-order valence-corrected chi connectivity index (χ1v) is 5.22. The molecule has 1 aliphatic rings. The number of rotatable bonds is 4. The van der Waals surface area contributed by atoms with Crippen LogP contribution in [0.5, 0.6) is 0 Å². The highest BCUT2D eigenvalue weighted by Crippen LogP contribution is 2.44. The number of hydrogen-bond acceptors (Lipinski definition) is 4. The molecule has 2 atom stereocenters. The molecule has 0 aromatic rings. The van der Waals surface area contributed by atoms with Crippen LogP contribution in [0.4, 0.5) is 0 Å². The van der Waals surface area contributed by atoms with Crippen molar-refractivity contribution in [3.05, 3.63) is 0 Å². The SMILES string of the molecule is COC(=O)C[C@@]1(CN=C=O)CC[C@@H](C)C1. The molecule has 4 heteroatoms. The molecule has 1 aliphatic carbocycles. The quantitative estimate of drug-likeness (QED) is 0.404. The van der Waals surface area contributed by atoms with Crippen molar-refractivity contribution in [1.82, 2.24) is 0 Å². The van der Waals surface area contributed by atoms with E-state index in [4.69, 9.17) is 0 Å². The van der Waals surface area contributed by atoms with Gasteiger partial charge in [0, 0.05) is 5.41 Å². The van der Waals surface area contributed by atoms with Gasteiger partial charge in [0.05, 0.1) is 20.1 Å². The third kappa shape index (κ3) is 3.17. The Morgan fingerprint density at radius 2 is 2.40 bits per heavy atom. The number of hydrogen-bond donors (Lipinski definition) is 0. The number of esters is 1. The van der Waals surface area contributed by atoms with Gasteiger partial charge in [0.2, 0.25) is 6.08 Å². The lowest BCUT2D eigenvalue weighted by Gasteiger charge is -2.25. The van der Waals surface area contributed by atoms with Gasteiger partial charge in [0.1, 0.15) is 0 Å². The van der Waals surface area contributed by atoms with Gasteiger partial charge in [-0.2, -0.15) is 0 Å². The second kappa shape index (κ2) is 5.08. The number of methoxy groups -OCH3 is 1. The molecule has 0 unspecified atom stereocenters. The van der Waals surface area contributed by atoms with Crippen LogP contribution < -0.4 is 0 Å². The van der Waals surface area contributed by atoms with Crippen molar-refractivity contribution < 1.29 is 14.3 Å². The van der Waals surface area contributed by atoms with E-state index in [9.17, 15) is 9.59 Å². The summed E-state index contributed by atoms with van der Waals surface area (Å²) in [4.78, 5) is 25.0. The molecular formula is C11H17NO3. The molecule has 0 aromatic carbocycles. The van der Waals surface area contributed by atoms with Crippen LogP contribution in [0, 0.1) is 11.3 Å². The Kier molecular flexibility index (Phi) is 4.04. The minimum Gasteiger partial charge on any atom is -0.469 e. The van der Waals surface area contributed by atoms with E-state index in [1.807, 2.05) is 0 Å². The highest BCUT2D eigenvalue weighted by atomic mass is 16.5. The van der Waals surface area contributed by atoms with Crippen molar-refractivity contribution in [2.75, 3.05) is 13.7 Å². The molecule has 0 N–H and O–H groups in total. The average molecular weight is 211 g/mol. The number of carbonyl (C=O) groups excluding carboxylic acids is 2. The Morgan fingerprint density at radius 1 is 1.67 bits per heavy atom. The van der Waals surface area contributed by atoms with Gasteiger partial charge in [0.15, 0.2) is 0 Å². The van der Waals surface area contributed by atoms with Crippen LogP contribution >= 0.6 is 0 Å². The maximum Gasteiger partial charge on any atom is 0.306 e. The Balaban J connectivity index is 2.68. The zero-order chi connectivity index (χ0) is 11.3. The summed E-state index contributed by atoms with van der Waals surface area (Å²) in [7, 11) is 1.39. The van der Waals surface area contributed by atoms with Crippen LogP contribution in [0.25, 0.3) is 0 Å². The van der Waals surface area contributed by atoms with E-state index in [1.54, 1.807) is 6.08 Å². The predicted molar refractivity (Wildman–Crippen MR) is 55.1 cm³/mol. The van der Waals surface area contributed by atoms with E-state index < -0.39 is 0 Å². The van der Waals surface area contributed by atoms with Gasteiger partial charge in [-0.05, 0) is 18.8 Å². The molecular weight excluding hydrogens is 194 g/mol. The van der Waals surface area contributed by atoms with E-state index in [-0.39, 0.29) is 11.4 Å². The number of carbonyl (C=O) groups is 1. The van der Waals surface area contributed by atoms with Crippen LogP contribution in [-0.2, 0) is 14.3 Å². The zero-order valence-electron chi connectivity index (χ0n) is 9.28. The van der Waals surface area contributed by atoms with Gasteiger partial charge >= 0.3 is 5.97 Å². The molecule has 0 spiro atoms. The maximum atomic E-state index is 11.3. The van der Waals surface area contributed by atoms with E-state index in [2.05, 4.69) is 16.7 Å². The molecule has 0 radical (unpaired) electrons. The molecule has 0 amide bonds. The molecule has 1 rings (SSSR count). The van der Waals surface area contributed by atoms with Crippen LogP contribution in [0.2, 0.25) is 0 Å². The maximum absolute atomic E-state index is 11.3. The minimum absolute atomic E-state index is 0.163. The first-order chi connectivity index (χ1) is 7.12. The average Bonchev–Trinajstić information content (AvgIpc) is 2.57. The van der Waals surface area contributed by atoms with Crippen molar-refractivity contribution in [3.8, 4) is 0 Å². The van der Waals surface area contributed by atoms with Gasteiger partial charge in [-0.25, -0.2) is 9.79 Å². The van der Waals surface area contributed by atoms with Gasteiger partial charge in [0.25, 0.3) is 0 Å². The fraction of sp³-hybridized carbons (Fsp3) is 0.818. The summed E-state index contributed by atoms with van der Waals surface area (Å²) in [5.41, 5.74) is -0.163. The summed E-state index contributed by atoms with van der Waals surface area (Å²) < 4.78 is 4.67. The predicted octanol–water partition coefficient (Wildman–Crippen LogP) is 1.69. The third-order valence-electron chi connectivity index (χ3n) is 3.17. The molecule has 1 fully saturated rings. The summed E-state index contributed by atoms with van der Waals surface area (Å²) in [6.45, 7) is 2.56. The molecule has 1 saturated carbocycles. The second-order valence-electron chi connectivity index (χ2n) is 4.51. The normalized spacial score (nSPS) is 29.6. The Bertz CT molecular complexity index is 284. The summed E-state index contributed by atoms with van der Waals surface area (Å²) in [5, 5.41) is 0. The topological polar surface area (TPSA) is 55.7 Å². The molecule has 0 bridgehead atoms. The van der Waals surface area contributed by atoms with E-state index in [0.717, 1.165) is 19.3 Å². The monoisotopic (exact) mass is 211 g/mol. The summed E-state index contributed by atoms with van der Waals surface area (Å²) in [5.74, 6) is 0.377. The molecule has 15 heavy (non-hydrogen) atoms. The van der Waals surface area contributed by atoms with E-state index in [1.165, 1.54) is 7.11 Å². The Morgan fingerprint density at radius 3 is 2.87 bits per heavy atom. The molecule has 84 valence electrons. The standard InChI is InChI=1S/C11H17NO3/c1-9-3-4-11(5-9,7-12-8-13)6-10(14)15-2/h9H,3-7H2,1-2H3/t9-,11-/m1/s1. The molecule has 0 aliphatic heterocycles. The molecule has 0 heterocycles. The van der Waals surface area contributed by atoms with Gasteiger partial charge in [-0.1, -0.05) is 13.3 Å². The summed E-state index contributed by atoms with van der Waals surface area (Å²) in [6, 6.07) is 0. The van der Waals surface area contributed by atoms with Crippen LogP contribution in [0.3, 0.4) is 0 Å². The van der Waals surface area contributed by atoms with E-state index in [0.29, 0.717) is 18.9 Å². The second-order valence-corrected chi connectivity index (χ2v) is 4.51. The molecule has 0 saturated heterocycles. The lowest BCUT2D eigenvalue weighted by molar-refractivity contribution is -0.143. The first-order valence-electron chi connectivity index (χ1n) is 5.22. The van der Waals surface area contributed by atoms with Crippen LogP contribution in [-0.4, -0.2) is 25.7 Å². The van der Waals surface area contributed by atoms with Crippen molar-refractivity contribution in [2.45, 2.75) is 32.6 Å². The molecule has 0 aromatic heterocycles. The highest BCUT2D eigenvalue weighted by molar-refractivity contribution is 5.70. The number of isocyanates is 1. The Labute approximate surface area is 89.7 Å². The highest BCUT2D eigenvalue weighted by Gasteiger charge is 2.39. The molecule has 4 nitrogen and oxygen atoms in total.